The lowest BCUT2D eigenvalue weighted by molar-refractivity contribution is 0.0951. The predicted molar refractivity (Wildman–Crippen MR) is 82.2 cm³/mol. The monoisotopic (exact) mass is 297 g/mol. The van der Waals surface area contributed by atoms with Gasteiger partial charge < -0.3 is 5.32 Å². The Labute approximate surface area is 126 Å². The average Bonchev–Trinajstić information content (AvgIpc) is 2.53. The van der Waals surface area contributed by atoms with E-state index in [-0.39, 0.29) is 5.91 Å². The maximum atomic E-state index is 12.2. The number of benzene rings is 2. The summed E-state index contributed by atoms with van der Waals surface area (Å²) in [6.07, 6.45) is 3.23. The van der Waals surface area contributed by atoms with E-state index >= 15 is 0 Å². The van der Waals surface area contributed by atoms with E-state index in [0.29, 0.717) is 22.6 Å². The van der Waals surface area contributed by atoms with Crippen molar-refractivity contribution in [3.63, 3.8) is 0 Å². The van der Waals surface area contributed by atoms with Crippen LogP contribution in [0.5, 0.6) is 0 Å². The van der Waals surface area contributed by atoms with Crippen LogP contribution in [0, 0.1) is 0 Å². The largest absolute Gasteiger partial charge is 0.348 e. The highest BCUT2D eigenvalue weighted by molar-refractivity contribution is 6.31. The number of amides is 1. The van der Waals surface area contributed by atoms with E-state index in [1.165, 1.54) is 0 Å². The standard InChI is InChI=1S/C16H12ClN3O/c17-13-4-2-1-3-12(13)10-20-16(21)11-5-6-14-15(9-11)19-8-7-18-14/h1-9H,10H2,(H,20,21). The van der Waals surface area contributed by atoms with Gasteiger partial charge in [0.2, 0.25) is 0 Å². The number of rotatable bonds is 3. The van der Waals surface area contributed by atoms with Gasteiger partial charge in [-0.25, -0.2) is 0 Å². The van der Waals surface area contributed by atoms with E-state index in [2.05, 4.69) is 15.3 Å². The Morgan fingerprint density at radius 1 is 1.05 bits per heavy atom. The first-order valence-corrected chi connectivity index (χ1v) is 6.84. The van der Waals surface area contributed by atoms with E-state index in [1.54, 1.807) is 36.7 Å². The molecule has 0 saturated carbocycles. The van der Waals surface area contributed by atoms with Crippen molar-refractivity contribution in [3.8, 4) is 0 Å². The normalized spacial score (nSPS) is 10.5. The van der Waals surface area contributed by atoms with Crippen molar-refractivity contribution in [2.75, 3.05) is 0 Å². The first-order chi connectivity index (χ1) is 10.2. The molecule has 104 valence electrons. The molecule has 1 heterocycles. The fraction of sp³-hybridized carbons (Fsp3) is 0.0625. The summed E-state index contributed by atoms with van der Waals surface area (Å²) in [5.74, 6) is -0.164. The highest BCUT2D eigenvalue weighted by Crippen LogP contribution is 2.15. The van der Waals surface area contributed by atoms with Gasteiger partial charge in [-0.3, -0.25) is 14.8 Å². The van der Waals surface area contributed by atoms with Crippen molar-refractivity contribution in [1.82, 2.24) is 15.3 Å². The lowest BCUT2D eigenvalue weighted by Gasteiger charge is -2.07. The molecule has 0 aliphatic carbocycles. The minimum Gasteiger partial charge on any atom is -0.348 e. The third-order valence-corrected chi connectivity index (χ3v) is 3.50. The van der Waals surface area contributed by atoms with Gasteiger partial charge in [-0.2, -0.15) is 0 Å². The molecule has 0 aliphatic heterocycles. The van der Waals surface area contributed by atoms with Crippen LogP contribution in [0.1, 0.15) is 15.9 Å². The maximum absolute atomic E-state index is 12.2. The van der Waals surface area contributed by atoms with Gasteiger partial charge in [-0.1, -0.05) is 29.8 Å². The zero-order chi connectivity index (χ0) is 14.7. The first kappa shape index (κ1) is 13.5. The molecule has 0 aliphatic rings. The third kappa shape index (κ3) is 3.01. The molecule has 1 aromatic heterocycles. The molecule has 0 radical (unpaired) electrons. The van der Waals surface area contributed by atoms with Crippen molar-refractivity contribution in [2.45, 2.75) is 6.54 Å². The molecule has 2 aromatic carbocycles. The second-order valence-corrected chi connectivity index (χ2v) is 4.94. The number of halogens is 1. The number of aromatic nitrogens is 2. The summed E-state index contributed by atoms with van der Waals surface area (Å²) in [5.41, 5.74) is 2.89. The van der Waals surface area contributed by atoms with Gasteiger partial charge in [0.05, 0.1) is 11.0 Å². The topological polar surface area (TPSA) is 54.9 Å². The number of nitrogens with zero attached hydrogens (tertiary/aromatic N) is 2. The predicted octanol–water partition coefficient (Wildman–Crippen LogP) is 3.21. The summed E-state index contributed by atoms with van der Waals surface area (Å²) in [7, 11) is 0. The van der Waals surface area contributed by atoms with Crippen LogP contribution in [0.4, 0.5) is 0 Å². The molecule has 0 unspecified atom stereocenters. The Bertz CT molecular complexity index is 804. The molecule has 0 atom stereocenters. The summed E-state index contributed by atoms with van der Waals surface area (Å²) in [6, 6.07) is 12.7. The Hall–Kier alpha value is -2.46. The van der Waals surface area contributed by atoms with E-state index in [0.717, 1.165) is 11.1 Å². The van der Waals surface area contributed by atoms with Gasteiger partial charge in [0.1, 0.15) is 0 Å². The summed E-state index contributed by atoms with van der Waals surface area (Å²) in [4.78, 5) is 20.5. The van der Waals surface area contributed by atoms with Gasteiger partial charge in [0.25, 0.3) is 5.91 Å². The van der Waals surface area contributed by atoms with Gasteiger partial charge in [-0.15, -0.1) is 0 Å². The fourth-order valence-electron chi connectivity index (χ4n) is 2.02. The Balaban J connectivity index is 1.76. The van der Waals surface area contributed by atoms with Gasteiger partial charge in [-0.05, 0) is 29.8 Å². The second-order valence-electron chi connectivity index (χ2n) is 4.53. The summed E-state index contributed by atoms with van der Waals surface area (Å²) in [5, 5.41) is 3.49. The lowest BCUT2D eigenvalue weighted by atomic mass is 10.1. The van der Waals surface area contributed by atoms with Crippen LogP contribution >= 0.6 is 11.6 Å². The molecular weight excluding hydrogens is 286 g/mol. The molecular formula is C16H12ClN3O. The van der Waals surface area contributed by atoms with Gasteiger partial charge >= 0.3 is 0 Å². The molecule has 0 spiro atoms. The Kier molecular flexibility index (Phi) is 3.79. The zero-order valence-corrected chi connectivity index (χ0v) is 11.8. The third-order valence-electron chi connectivity index (χ3n) is 3.13. The average molecular weight is 298 g/mol. The number of carbonyl (C=O) groups is 1. The molecule has 3 rings (SSSR count). The molecule has 21 heavy (non-hydrogen) atoms. The SMILES string of the molecule is O=C(NCc1ccccc1Cl)c1ccc2nccnc2c1. The lowest BCUT2D eigenvalue weighted by Crippen LogP contribution is -2.22. The quantitative estimate of drug-likeness (QED) is 0.807. The number of hydrogen-bond acceptors (Lipinski definition) is 3. The summed E-state index contributed by atoms with van der Waals surface area (Å²) < 4.78 is 0. The van der Waals surface area contributed by atoms with E-state index in [1.807, 2.05) is 18.2 Å². The van der Waals surface area contributed by atoms with Crippen LogP contribution < -0.4 is 5.32 Å². The summed E-state index contributed by atoms with van der Waals surface area (Å²) in [6.45, 7) is 0.386. The van der Waals surface area contributed by atoms with Crippen molar-refractivity contribution < 1.29 is 4.79 Å². The van der Waals surface area contributed by atoms with E-state index in [4.69, 9.17) is 11.6 Å². The molecule has 0 saturated heterocycles. The van der Waals surface area contributed by atoms with Crippen molar-refractivity contribution in [1.29, 1.82) is 0 Å². The molecule has 4 nitrogen and oxygen atoms in total. The first-order valence-electron chi connectivity index (χ1n) is 6.46. The van der Waals surface area contributed by atoms with E-state index in [9.17, 15) is 4.79 Å². The molecule has 0 fully saturated rings. The van der Waals surface area contributed by atoms with Crippen LogP contribution in [-0.4, -0.2) is 15.9 Å². The van der Waals surface area contributed by atoms with Crippen LogP contribution in [0.15, 0.2) is 54.9 Å². The number of hydrogen-bond donors (Lipinski definition) is 1. The molecule has 1 amide bonds. The van der Waals surface area contributed by atoms with Crippen molar-refractivity contribution in [3.05, 3.63) is 71.0 Å². The van der Waals surface area contributed by atoms with E-state index < -0.39 is 0 Å². The number of carbonyl (C=O) groups excluding carboxylic acids is 1. The zero-order valence-electron chi connectivity index (χ0n) is 11.1. The minimum atomic E-state index is -0.164. The maximum Gasteiger partial charge on any atom is 0.251 e. The van der Waals surface area contributed by atoms with Crippen molar-refractivity contribution >= 4 is 28.5 Å². The highest BCUT2D eigenvalue weighted by atomic mass is 35.5. The second kappa shape index (κ2) is 5.89. The smallest absolute Gasteiger partial charge is 0.251 e. The van der Waals surface area contributed by atoms with Crippen LogP contribution in [0.25, 0.3) is 11.0 Å². The van der Waals surface area contributed by atoms with Gasteiger partial charge in [0, 0.05) is 29.5 Å². The van der Waals surface area contributed by atoms with Crippen LogP contribution in [-0.2, 0) is 6.54 Å². The molecule has 1 N–H and O–H groups in total. The molecule has 0 bridgehead atoms. The minimum absolute atomic E-state index is 0.164. The van der Waals surface area contributed by atoms with Gasteiger partial charge in [0.15, 0.2) is 0 Å². The van der Waals surface area contributed by atoms with Crippen LogP contribution in [0.3, 0.4) is 0 Å². The number of fused-ring (bicyclic) bond motifs is 1. The number of nitrogens with one attached hydrogen (secondary N) is 1. The molecule has 5 heteroatoms. The fourth-order valence-corrected chi connectivity index (χ4v) is 2.23. The Morgan fingerprint density at radius 2 is 1.81 bits per heavy atom. The summed E-state index contributed by atoms with van der Waals surface area (Å²) >= 11 is 6.06. The highest BCUT2D eigenvalue weighted by Gasteiger charge is 2.08. The van der Waals surface area contributed by atoms with Crippen LogP contribution in [0.2, 0.25) is 5.02 Å². The Morgan fingerprint density at radius 3 is 2.62 bits per heavy atom. The molecule has 3 aromatic rings. The van der Waals surface area contributed by atoms with Crippen molar-refractivity contribution in [2.24, 2.45) is 0 Å².